The number of hydrogen-bond donors (Lipinski definition) is 2. The Morgan fingerprint density at radius 2 is 1.96 bits per heavy atom. The lowest BCUT2D eigenvalue weighted by Gasteiger charge is -2.28. The van der Waals surface area contributed by atoms with Crippen molar-refractivity contribution in [2.24, 2.45) is 0 Å². The molecule has 1 aromatic heterocycles. The highest BCUT2D eigenvalue weighted by molar-refractivity contribution is 5.95. The van der Waals surface area contributed by atoms with Crippen LogP contribution in [-0.4, -0.2) is 34.5 Å². The average molecular weight is 382 g/mol. The van der Waals surface area contributed by atoms with Crippen LogP contribution in [0.2, 0.25) is 0 Å². The fourth-order valence-electron chi connectivity index (χ4n) is 3.58. The van der Waals surface area contributed by atoms with Gasteiger partial charge in [0.2, 0.25) is 6.79 Å². The van der Waals surface area contributed by atoms with Gasteiger partial charge in [-0.2, -0.15) is 0 Å². The molecule has 2 aliphatic rings. The number of ether oxygens (including phenoxy) is 2. The molecule has 2 aromatic rings. The number of amides is 1. The molecule has 1 aliphatic carbocycles. The van der Waals surface area contributed by atoms with Crippen molar-refractivity contribution in [1.29, 1.82) is 0 Å². The summed E-state index contributed by atoms with van der Waals surface area (Å²) in [5, 5.41) is 12.6. The van der Waals surface area contributed by atoms with Gasteiger partial charge in [0.1, 0.15) is 5.56 Å². The Balaban J connectivity index is 1.61. The Morgan fingerprint density at radius 1 is 1.21 bits per heavy atom. The highest BCUT2D eigenvalue weighted by Crippen LogP contribution is 2.32. The zero-order valence-electron chi connectivity index (χ0n) is 15.6. The topological polar surface area (TPSA) is 89.8 Å². The van der Waals surface area contributed by atoms with Gasteiger partial charge >= 0.3 is 0 Å². The molecule has 4 rings (SSSR count). The minimum atomic E-state index is -0.728. The maximum atomic E-state index is 13.0. The highest BCUT2D eigenvalue weighted by atomic mass is 16.7. The van der Waals surface area contributed by atoms with Crippen molar-refractivity contribution in [2.45, 2.75) is 31.8 Å². The second-order valence-corrected chi connectivity index (χ2v) is 7.27. The molecule has 1 aromatic carbocycles. The van der Waals surface area contributed by atoms with Crippen LogP contribution in [-0.2, 0) is 6.54 Å². The molecule has 1 aliphatic heterocycles. The first-order valence-electron chi connectivity index (χ1n) is 9.18. The van der Waals surface area contributed by atoms with Gasteiger partial charge in [0, 0.05) is 6.20 Å². The molecule has 0 atom stereocenters. The first-order valence-corrected chi connectivity index (χ1v) is 9.18. The number of rotatable bonds is 5. The summed E-state index contributed by atoms with van der Waals surface area (Å²) in [4.78, 5) is 25.9. The van der Waals surface area contributed by atoms with E-state index in [1.165, 1.54) is 4.57 Å². The second kappa shape index (κ2) is 7.16. The van der Waals surface area contributed by atoms with Crippen molar-refractivity contribution in [2.75, 3.05) is 13.4 Å². The van der Waals surface area contributed by atoms with Gasteiger partial charge in [-0.1, -0.05) is 18.2 Å². The molecular formula is C21H22N2O5. The third-order valence-corrected chi connectivity index (χ3v) is 5.26. The number of nitrogens with zero attached hydrogens (tertiary/aromatic N) is 1. The highest BCUT2D eigenvalue weighted by Gasteiger charge is 2.33. The third-order valence-electron chi connectivity index (χ3n) is 5.26. The zero-order chi connectivity index (χ0) is 19.7. The van der Waals surface area contributed by atoms with Crippen LogP contribution in [0.4, 0.5) is 0 Å². The molecule has 7 heteroatoms. The van der Waals surface area contributed by atoms with E-state index >= 15 is 0 Å². The van der Waals surface area contributed by atoms with Crippen LogP contribution < -0.4 is 20.3 Å². The van der Waals surface area contributed by atoms with E-state index in [1.54, 1.807) is 19.2 Å². The fourth-order valence-corrected chi connectivity index (χ4v) is 3.58. The Hall–Kier alpha value is -3.06. The van der Waals surface area contributed by atoms with Gasteiger partial charge in [0.15, 0.2) is 11.5 Å². The van der Waals surface area contributed by atoms with Crippen LogP contribution in [0.25, 0.3) is 0 Å². The van der Waals surface area contributed by atoms with Crippen LogP contribution >= 0.6 is 0 Å². The number of aliphatic hydroxyl groups is 1. The van der Waals surface area contributed by atoms with Crippen molar-refractivity contribution >= 4 is 5.91 Å². The van der Waals surface area contributed by atoms with Crippen molar-refractivity contribution < 1.29 is 19.4 Å². The molecule has 28 heavy (non-hydrogen) atoms. The van der Waals surface area contributed by atoms with Crippen molar-refractivity contribution in [1.82, 2.24) is 9.88 Å². The van der Waals surface area contributed by atoms with Gasteiger partial charge in [0.25, 0.3) is 11.5 Å². The van der Waals surface area contributed by atoms with Gasteiger partial charge in [-0.25, -0.2) is 0 Å². The van der Waals surface area contributed by atoms with Gasteiger partial charge in [0.05, 0.1) is 18.7 Å². The van der Waals surface area contributed by atoms with Crippen LogP contribution in [0.5, 0.6) is 11.5 Å². The summed E-state index contributed by atoms with van der Waals surface area (Å²) in [6.07, 6.45) is 6.62. The summed E-state index contributed by atoms with van der Waals surface area (Å²) in [7, 11) is 0. The largest absolute Gasteiger partial charge is 0.454 e. The second-order valence-electron chi connectivity index (χ2n) is 7.27. The molecule has 7 nitrogen and oxygen atoms in total. The van der Waals surface area contributed by atoms with E-state index in [9.17, 15) is 14.7 Å². The Labute approximate surface area is 162 Å². The minimum Gasteiger partial charge on any atom is -0.454 e. The molecule has 0 unspecified atom stereocenters. The predicted octanol–water partition coefficient (Wildman–Crippen LogP) is 1.74. The first-order chi connectivity index (χ1) is 13.5. The van der Waals surface area contributed by atoms with E-state index in [4.69, 9.17) is 9.47 Å². The number of carbonyl (C=O) groups excluding carboxylic acids is 1. The summed E-state index contributed by atoms with van der Waals surface area (Å²) in [6.45, 7) is 2.06. The SMILES string of the molecule is Cc1ccn(Cc2ccc3c(c2)OCO3)c(=O)c1C(=O)NC1(CO)CC=CC1. The maximum absolute atomic E-state index is 13.0. The van der Waals surface area contributed by atoms with E-state index in [2.05, 4.69) is 5.32 Å². The lowest BCUT2D eigenvalue weighted by Crippen LogP contribution is -2.51. The molecule has 0 fully saturated rings. The van der Waals surface area contributed by atoms with Crippen molar-refractivity contribution in [3.05, 3.63) is 69.7 Å². The van der Waals surface area contributed by atoms with Crippen molar-refractivity contribution in [3.8, 4) is 11.5 Å². The molecule has 1 amide bonds. The van der Waals surface area contributed by atoms with Gasteiger partial charge in [-0.05, 0) is 49.1 Å². The summed E-state index contributed by atoms with van der Waals surface area (Å²) in [5.41, 5.74) is 0.475. The summed E-state index contributed by atoms with van der Waals surface area (Å²) in [6, 6.07) is 7.26. The Bertz CT molecular complexity index is 1000. The number of aryl methyl sites for hydroxylation is 1. The summed E-state index contributed by atoms with van der Waals surface area (Å²) < 4.78 is 12.2. The van der Waals surface area contributed by atoms with E-state index in [0.29, 0.717) is 36.4 Å². The van der Waals surface area contributed by atoms with Crippen LogP contribution in [0.3, 0.4) is 0 Å². The standard InChI is InChI=1S/C21H22N2O5/c1-14-6-9-23(11-15-4-5-16-17(10-15)28-13-27-16)20(26)18(14)19(25)22-21(12-24)7-2-3-8-21/h2-6,9-10,24H,7-8,11-13H2,1H3,(H,22,25). The first kappa shape index (κ1) is 18.3. The zero-order valence-corrected chi connectivity index (χ0v) is 15.6. The number of hydrogen-bond acceptors (Lipinski definition) is 5. The Kier molecular flexibility index (Phi) is 4.68. The predicted molar refractivity (Wildman–Crippen MR) is 103 cm³/mol. The van der Waals surface area contributed by atoms with Gasteiger partial charge in [-0.15, -0.1) is 0 Å². The van der Waals surface area contributed by atoms with Crippen LogP contribution in [0, 0.1) is 6.92 Å². The van der Waals surface area contributed by atoms with Crippen LogP contribution in [0.15, 0.2) is 47.4 Å². The van der Waals surface area contributed by atoms with E-state index in [1.807, 2.05) is 30.4 Å². The number of aliphatic hydroxyl groups excluding tert-OH is 1. The number of fused-ring (bicyclic) bond motifs is 1. The molecule has 0 spiro atoms. The average Bonchev–Trinajstić information content (AvgIpc) is 3.33. The maximum Gasteiger partial charge on any atom is 0.263 e. The number of aromatic nitrogens is 1. The third kappa shape index (κ3) is 3.29. The molecule has 0 saturated heterocycles. The smallest absolute Gasteiger partial charge is 0.263 e. The van der Waals surface area contributed by atoms with Crippen molar-refractivity contribution in [3.63, 3.8) is 0 Å². The number of carbonyl (C=O) groups is 1. The normalized spacial score (nSPS) is 16.4. The molecule has 0 saturated carbocycles. The lowest BCUT2D eigenvalue weighted by molar-refractivity contribution is 0.0842. The molecule has 2 heterocycles. The molecule has 0 radical (unpaired) electrons. The number of nitrogens with one attached hydrogen (secondary N) is 1. The van der Waals surface area contributed by atoms with E-state index in [0.717, 1.165) is 5.56 Å². The minimum absolute atomic E-state index is 0.1000. The summed E-state index contributed by atoms with van der Waals surface area (Å²) >= 11 is 0. The van der Waals surface area contributed by atoms with E-state index < -0.39 is 11.4 Å². The fraction of sp³-hybridized carbons (Fsp3) is 0.333. The molecule has 146 valence electrons. The molecular weight excluding hydrogens is 360 g/mol. The van der Waals surface area contributed by atoms with E-state index in [-0.39, 0.29) is 24.5 Å². The Morgan fingerprint density at radius 3 is 2.71 bits per heavy atom. The summed E-state index contributed by atoms with van der Waals surface area (Å²) in [5.74, 6) is 0.870. The van der Waals surface area contributed by atoms with Crippen LogP contribution in [0.1, 0.15) is 34.3 Å². The van der Waals surface area contributed by atoms with Gasteiger partial charge < -0.3 is 24.5 Å². The molecule has 0 bridgehead atoms. The number of benzene rings is 1. The molecule has 2 N–H and O–H groups in total. The lowest BCUT2D eigenvalue weighted by atomic mass is 9.97. The quantitative estimate of drug-likeness (QED) is 0.769. The monoisotopic (exact) mass is 382 g/mol. The van der Waals surface area contributed by atoms with Gasteiger partial charge in [-0.3, -0.25) is 9.59 Å². The number of pyridine rings is 1.